The zero-order valence-corrected chi connectivity index (χ0v) is 18.5. The number of hydrogen-bond donors (Lipinski definition) is 1. The van der Waals surface area contributed by atoms with Crippen molar-refractivity contribution in [2.75, 3.05) is 34.4 Å². The highest BCUT2D eigenvalue weighted by atomic mass is 16.5. The molecule has 3 fully saturated rings. The van der Waals surface area contributed by atoms with Gasteiger partial charge in [-0.15, -0.1) is 0 Å². The number of piperidine rings is 1. The number of carbonyl (C=O) groups is 1. The van der Waals surface area contributed by atoms with Gasteiger partial charge in [-0.2, -0.15) is 0 Å². The van der Waals surface area contributed by atoms with Crippen molar-refractivity contribution in [3.05, 3.63) is 24.6 Å². The Hall–Kier alpha value is -1.79. The van der Waals surface area contributed by atoms with Gasteiger partial charge in [-0.25, -0.2) is 0 Å². The van der Waals surface area contributed by atoms with Gasteiger partial charge in [-0.05, 0) is 30.9 Å². The molecule has 5 atom stereocenters. The highest BCUT2D eigenvalue weighted by Gasteiger charge is 2.76. The average Bonchev–Trinajstić information content (AvgIpc) is 3.43. The second kappa shape index (κ2) is 6.13. The Bertz CT molecular complexity index is 927. The summed E-state index contributed by atoms with van der Waals surface area (Å²) in [6, 6.07) is 2.14. The van der Waals surface area contributed by atoms with Crippen molar-refractivity contribution in [1.82, 2.24) is 0 Å². The van der Waals surface area contributed by atoms with Gasteiger partial charge in [0.05, 0.1) is 39.8 Å². The second-order valence-electron chi connectivity index (χ2n) is 10.1. The Morgan fingerprint density at radius 2 is 2.03 bits per heavy atom. The largest absolute Gasteiger partial charge is 0.493 e. The Balaban J connectivity index is 0.00000193. The lowest BCUT2D eigenvalue weighted by atomic mass is 9.48. The predicted octanol–water partition coefficient (Wildman–Crippen LogP) is 2.43. The Kier molecular flexibility index (Phi) is 4.12. The van der Waals surface area contributed by atoms with E-state index in [1.54, 1.807) is 14.2 Å². The fourth-order valence-corrected chi connectivity index (χ4v) is 7.32. The first-order valence-electron chi connectivity index (χ1n) is 10.9. The third-order valence-electron chi connectivity index (χ3n) is 8.76. The van der Waals surface area contributed by atoms with E-state index in [9.17, 15) is 9.90 Å². The minimum atomic E-state index is -0.925. The van der Waals surface area contributed by atoms with E-state index in [4.69, 9.17) is 14.2 Å². The number of hydrogen-bond acceptors (Lipinski definition) is 5. The molecule has 5 aliphatic rings. The molecule has 0 aromatic heterocycles. The second-order valence-corrected chi connectivity index (χ2v) is 10.1. The Labute approximate surface area is 178 Å². The molecule has 1 aromatic rings. The van der Waals surface area contributed by atoms with Crippen LogP contribution in [0.2, 0.25) is 0 Å². The Morgan fingerprint density at radius 3 is 2.70 bits per heavy atom. The molecule has 6 heteroatoms. The number of nitrogens with zero attached hydrogens (tertiary/aromatic N) is 1. The number of benzene rings is 1. The molecule has 2 heterocycles. The summed E-state index contributed by atoms with van der Waals surface area (Å²) in [4.78, 5) is 13.1. The number of likely N-dealkylation sites (N-methyl/N-ethyl adjacent to an activating group) is 1. The van der Waals surface area contributed by atoms with Crippen molar-refractivity contribution in [2.24, 2.45) is 5.92 Å². The van der Waals surface area contributed by atoms with Gasteiger partial charge in [0, 0.05) is 30.7 Å². The summed E-state index contributed by atoms with van der Waals surface area (Å²) in [6.07, 6.45) is 4.46. The molecule has 1 aromatic carbocycles. The molecule has 1 N–H and O–H groups in total. The highest BCUT2D eigenvalue weighted by molar-refractivity contribution is 5.90. The summed E-state index contributed by atoms with van der Waals surface area (Å²) in [5.74, 6) is 2.70. The molecule has 6 rings (SSSR count). The van der Waals surface area contributed by atoms with E-state index in [2.05, 4.69) is 13.1 Å². The summed E-state index contributed by atoms with van der Waals surface area (Å²) in [6.45, 7) is 2.10. The molecule has 2 bridgehead atoms. The van der Waals surface area contributed by atoms with Crippen LogP contribution in [0.1, 0.15) is 43.2 Å². The van der Waals surface area contributed by atoms with Crippen molar-refractivity contribution in [1.29, 1.82) is 0 Å². The first-order valence-corrected chi connectivity index (χ1v) is 10.9. The molecule has 164 valence electrons. The van der Waals surface area contributed by atoms with Crippen molar-refractivity contribution in [3.63, 3.8) is 0 Å². The van der Waals surface area contributed by atoms with Crippen LogP contribution in [-0.2, 0) is 16.6 Å². The number of carbonyl (C=O) groups excluding carboxylic acids is 1. The molecule has 0 amide bonds. The van der Waals surface area contributed by atoms with Crippen LogP contribution < -0.4 is 14.2 Å². The minimum absolute atomic E-state index is 0. The fourth-order valence-electron chi connectivity index (χ4n) is 7.32. The SMILES string of the molecule is COc1cc2c3c(c1OC)O[C@H]1C(=O)CC[C@@]4(O)[C@@H](C2)[N@@+](C)(CC2CC2)CC[C@]314.[CH3-]. The molecule has 6 nitrogen and oxygen atoms in total. The summed E-state index contributed by atoms with van der Waals surface area (Å²) < 4.78 is 18.5. The van der Waals surface area contributed by atoms with Gasteiger partial charge in [0.25, 0.3) is 0 Å². The molecule has 1 saturated heterocycles. The lowest BCUT2D eigenvalue weighted by Crippen LogP contribution is -2.80. The quantitative estimate of drug-likeness (QED) is 0.604. The smallest absolute Gasteiger partial charge is 0.203 e. The number of rotatable bonds is 4. The summed E-state index contributed by atoms with van der Waals surface area (Å²) in [5, 5.41) is 12.4. The monoisotopic (exact) mass is 415 g/mol. The van der Waals surface area contributed by atoms with Gasteiger partial charge >= 0.3 is 0 Å². The maximum Gasteiger partial charge on any atom is 0.203 e. The van der Waals surface area contributed by atoms with Crippen molar-refractivity contribution < 1.29 is 28.6 Å². The van der Waals surface area contributed by atoms with Crippen LogP contribution in [-0.4, -0.2) is 67.5 Å². The van der Waals surface area contributed by atoms with E-state index >= 15 is 0 Å². The van der Waals surface area contributed by atoms with Gasteiger partial charge < -0.3 is 31.2 Å². The predicted molar refractivity (Wildman–Crippen MR) is 112 cm³/mol. The minimum Gasteiger partial charge on any atom is -0.493 e. The summed E-state index contributed by atoms with van der Waals surface area (Å²) in [5.41, 5.74) is 0.594. The summed E-state index contributed by atoms with van der Waals surface area (Å²) >= 11 is 0. The average molecular weight is 416 g/mol. The van der Waals surface area contributed by atoms with Gasteiger partial charge in [-0.1, -0.05) is 0 Å². The molecule has 2 saturated carbocycles. The van der Waals surface area contributed by atoms with E-state index < -0.39 is 17.1 Å². The van der Waals surface area contributed by atoms with Gasteiger partial charge in [-0.3, -0.25) is 4.79 Å². The fraction of sp³-hybridized carbons (Fsp3) is 0.667. The standard InChI is InChI=1S/C23H30NO5.CH3/c1-24(12-13-4-5-13)9-8-22-18-14-10-16(27-2)19(28-3)20(18)29-21(22)15(25)6-7-23(22,26)17(24)11-14;/h10,13,17,21,26H,4-9,11-12H2,1-3H3;1H3/q+1;-1/t17-,21+,22+,23-,24-;/m1./s1. The van der Waals surface area contributed by atoms with Crippen molar-refractivity contribution in [2.45, 2.75) is 61.7 Å². The van der Waals surface area contributed by atoms with Crippen LogP contribution in [0.3, 0.4) is 0 Å². The first-order chi connectivity index (χ1) is 13.9. The maximum absolute atomic E-state index is 13.1. The number of aliphatic hydroxyl groups is 1. The first kappa shape index (κ1) is 20.1. The lowest BCUT2D eigenvalue weighted by molar-refractivity contribution is -0.950. The van der Waals surface area contributed by atoms with E-state index in [1.165, 1.54) is 12.8 Å². The van der Waals surface area contributed by atoms with Crippen LogP contribution in [0.4, 0.5) is 0 Å². The van der Waals surface area contributed by atoms with Crippen LogP contribution in [0.15, 0.2) is 6.07 Å². The normalized spacial score (nSPS) is 40.2. The van der Waals surface area contributed by atoms with E-state index in [0.717, 1.165) is 47.5 Å². The maximum atomic E-state index is 13.1. The number of ether oxygens (including phenoxy) is 3. The van der Waals surface area contributed by atoms with Crippen LogP contribution in [0.5, 0.6) is 17.2 Å². The molecule has 0 radical (unpaired) electrons. The molecule has 2 aliphatic heterocycles. The number of Topliss-reactive ketones (excluding diaryl/α,β-unsaturated/α-hetero) is 1. The lowest BCUT2D eigenvalue weighted by Gasteiger charge is -2.64. The topological polar surface area (TPSA) is 65.0 Å². The van der Waals surface area contributed by atoms with Crippen molar-refractivity contribution in [3.8, 4) is 17.2 Å². The number of likely N-dealkylation sites (tertiary alicyclic amines) is 1. The van der Waals surface area contributed by atoms with E-state index in [-0.39, 0.29) is 19.3 Å². The number of quaternary nitrogens is 1. The zero-order valence-electron chi connectivity index (χ0n) is 18.5. The van der Waals surface area contributed by atoms with Gasteiger partial charge in [0.1, 0.15) is 11.6 Å². The van der Waals surface area contributed by atoms with Crippen LogP contribution >= 0.6 is 0 Å². The molecule has 1 spiro atoms. The van der Waals surface area contributed by atoms with Crippen molar-refractivity contribution >= 4 is 5.78 Å². The molecular weight excluding hydrogens is 382 g/mol. The Morgan fingerprint density at radius 1 is 1.27 bits per heavy atom. The molecular formula is C24H33NO5. The van der Waals surface area contributed by atoms with Gasteiger partial charge in [0.2, 0.25) is 5.75 Å². The highest BCUT2D eigenvalue weighted by Crippen LogP contribution is 2.67. The van der Waals surface area contributed by atoms with Crippen LogP contribution in [0, 0.1) is 13.3 Å². The molecule has 3 aliphatic carbocycles. The molecule has 30 heavy (non-hydrogen) atoms. The number of ketones is 1. The third kappa shape index (κ3) is 2.14. The zero-order chi connectivity index (χ0) is 20.2. The summed E-state index contributed by atoms with van der Waals surface area (Å²) in [7, 11) is 5.56. The van der Waals surface area contributed by atoms with Crippen LogP contribution in [0.25, 0.3) is 0 Å². The number of methoxy groups -OCH3 is 2. The third-order valence-corrected chi connectivity index (χ3v) is 8.76. The van der Waals surface area contributed by atoms with E-state index in [1.807, 2.05) is 0 Å². The van der Waals surface area contributed by atoms with Gasteiger partial charge in [0.15, 0.2) is 23.4 Å². The molecule has 0 unspecified atom stereocenters. The van der Waals surface area contributed by atoms with E-state index in [0.29, 0.717) is 30.1 Å².